The molecule has 1 amide bonds. The smallest absolute Gasteiger partial charge is 0.385 e. The Bertz CT molecular complexity index is 415. The summed E-state index contributed by atoms with van der Waals surface area (Å²) in [6, 6.07) is 0.728. The fourth-order valence-electron chi connectivity index (χ4n) is 1.35. The van der Waals surface area contributed by atoms with Crippen LogP contribution in [0.4, 0.5) is 13.2 Å². The molecular formula is C10H14F3N3O2. The van der Waals surface area contributed by atoms with Crippen LogP contribution < -0.4 is 5.32 Å². The zero-order valence-corrected chi connectivity index (χ0v) is 10.0. The van der Waals surface area contributed by atoms with Crippen LogP contribution in [0.25, 0.3) is 0 Å². The van der Waals surface area contributed by atoms with Crippen molar-refractivity contribution in [3.8, 4) is 0 Å². The Balaban J connectivity index is 2.65. The van der Waals surface area contributed by atoms with Gasteiger partial charge in [0.15, 0.2) is 5.69 Å². The highest BCUT2D eigenvalue weighted by molar-refractivity contribution is 5.92. The Morgan fingerprint density at radius 2 is 2.22 bits per heavy atom. The van der Waals surface area contributed by atoms with E-state index < -0.39 is 17.8 Å². The van der Waals surface area contributed by atoms with Gasteiger partial charge < -0.3 is 10.1 Å². The number of carbonyl (C=O) groups is 1. The third-order valence-corrected chi connectivity index (χ3v) is 2.21. The highest BCUT2D eigenvalue weighted by Crippen LogP contribution is 2.29. The normalized spacial score (nSPS) is 11.6. The summed E-state index contributed by atoms with van der Waals surface area (Å²) in [5.74, 6) is -0.628. The topological polar surface area (TPSA) is 56.1 Å². The number of nitrogens with one attached hydrogen (secondary N) is 1. The van der Waals surface area contributed by atoms with E-state index in [9.17, 15) is 18.0 Å². The summed E-state index contributed by atoms with van der Waals surface area (Å²) in [6.07, 6.45) is -3.93. The lowest BCUT2D eigenvalue weighted by molar-refractivity contribution is -0.143. The number of rotatable bonds is 5. The molecular weight excluding hydrogens is 251 g/mol. The molecule has 0 fully saturated rings. The van der Waals surface area contributed by atoms with Crippen LogP contribution in [-0.4, -0.2) is 35.9 Å². The van der Waals surface area contributed by atoms with Crippen LogP contribution in [0.2, 0.25) is 0 Å². The standard InChI is InChI=1S/C10H14F3N3O2/c1-16-8(10(11,12)13)6-7(15-16)9(17)14-4-3-5-18-2/h6H,3-5H2,1-2H3,(H,14,17). The third-order valence-electron chi connectivity index (χ3n) is 2.21. The molecule has 1 rings (SSSR count). The van der Waals surface area contributed by atoms with Crippen molar-refractivity contribution in [1.82, 2.24) is 15.1 Å². The minimum atomic E-state index is -4.52. The summed E-state index contributed by atoms with van der Waals surface area (Å²) in [5.41, 5.74) is -1.20. The molecule has 0 bridgehead atoms. The predicted molar refractivity (Wildman–Crippen MR) is 57.0 cm³/mol. The number of aryl methyl sites for hydroxylation is 1. The number of hydrogen-bond acceptors (Lipinski definition) is 3. The van der Waals surface area contributed by atoms with Crippen molar-refractivity contribution in [3.05, 3.63) is 17.5 Å². The van der Waals surface area contributed by atoms with Crippen LogP contribution in [0.5, 0.6) is 0 Å². The molecule has 0 aromatic carbocycles. The molecule has 0 saturated carbocycles. The van der Waals surface area contributed by atoms with Crippen molar-refractivity contribution in [2.24, 2.45) is 7.05 Å². The number of nitrogens with zero attached hydrogens (tertiary/aromatic N) is 2. The minimum Gasteiger partial charge on any atom is -0.385 e. The first-order chi connectivity index (χ1) is 8.36. The number of amides is 1. The van der Waals surface area contributed by atoms with Crippen molar-refractivity contribution >= 4 is 5.91 Å². The van der Waals surface area contributed by atoms with E-state index in [0.717, 1.165) is 13.1 Å². The maximum atomic E-state index is 12.5. The lowest BCUT2D eigenvalue weighted by atomic mass is 10.3. The minimum absolute atomic E-state index is 0.248. The van der Waals surface area contributed by atoms with Gasteiger partial charge in [-0.2, -0.15) is 18.3 Å². The van der Waals surface area contributed by atoms with Crippen LogP contribution in [0, 0.1) is 0 Å². The van der Waals surface area contributed by atoms with E-state index in [4.69, 9.17) is 4.74 Å². The number of alkyl halides is 3. The molecule has 0 spiro atoms. The molecule has 5 nitrogen and oxygen atoms in total. The fourth-order valence-corrected chi connectivity index (χ4v) is 1.35. The lowest BCUT2D eigenvalue weighted by Crippen LogP contribution is -2.25. The van der Waals surface area contributed by atoms with Gasteiger partial charge in [0.2, 0.25) is 0 Å². The van der Waals surface area contributed by atoms with E-state index in [1.807, 2.05) is 0 Å². The van der Waals surface area contributed by atoms with Gasteiger partial charge in [0.25, 0.3) is 5.91 Å². The fraction of sp³-hybridized carbons (Fsp3) is 0.600. The zero-order chi connectivity index (χ0) is 13.8. The maximum Gasteiger partial charge on any atom is 0.433 e. The second-order valence-electron chi connectivity index (χ2n) is 3.64. The Morgan fingerprint density at radius 3 is 2.72 bits per heavy atom. The highest BCUT2D eigenvalue weighted by atomic mass is 19.4. The molecule has 102 valence electrons. The van der Waals surface area contributed by atoms with Crippen LogP contribution in [0.3, 0.4) is 0 Å². The molecule has 0 unspecified atom stereocenters. The first kappa shape index (κ1) is 14.5. The number of aromatic nitrogens is 2. The number of ether oxygens (including phenoxy) is 1. The molecule has 0 aliphatic carbocycles. The second kappa shape index (κ2) is 5.85. The summed E-state index contributed by atoms with van der Waals surface area (Å²) < 4.78 is 42.8. The molecule has 1 aromatic rings. The Labute approximate surface area is 102 Å². The number of halogens is 3. The van der Waals surface area contributed by atoms with E-state index in [-0.39, 0.29) is 5.69 Å². The van der Waals surface area contributed by atoms with Crippen molar-refractivity contribution in [3.63, 3.8) is 0 Å². The highest BCUT2D eigenvalue weighted by Gasteiger charge is 2.35. The summed E-state index contributed by atoms with van der Waals surface area (Å²) in [7, 11) is 2.67. The average molecular weight is 265 g/mol. The van der Waals surface area contributed by atoms with E-state index in [2.05, 4.69) is 10.4 Å². The molecule has 0 atom stereocenters. The molecule has 0 radical (unpaired) electrons. The number of methoxy groups -OCH3 is 1. The average Bonchev–Trinajstić information content (AvgIpc) is 2.66. The molecule has 0 saturated heterocycles. The first-order valence-corrected chi connectivity index (χ1v) is 5.24. The van der Waals surface area contributed by atoms with Gasteiger partial charge in [-0.3, -0.25) is 9.48 Å². The van der Waals surface area contributed by atoms with E-state index in [1.54, 1.807) is 0 Å². The Morgan fingerprint density at radius 1 is 1.56 bits per heavy atom. The monoisotopic (exact) mass is 265 g/mol. The van der Waals surface area contributed by atoms with E-state index in [1.165, 1.54) is 7.11 Å². The van der Waals surface area contributed by atoms with Gasteiger partial charge >= 0.3 is 6.18 Å². The molecule has 0 aliphatic heterocycles. The van der Waals surface area contributed by atoms with E-state index >= 15 is 0 Å². The number of hydrogen-bond donors (Lipinski definition) is 1. The molecule has 8 heteroatoms. The van der Waals surface area contributed by atoms with Crippen LogP contribution >= 0.6 is 0 Å². The summed E-state index contributed by atoms with van der Waals surface area (Å²) in [6.45, 7) is 0.793. The van der Waals surface area contributed by atoms with Gasteiger partial charge in [0.05, 0.1) is 0 Å². The van der Waals surface area contributed by atoms with Gasteiger partial charge in [0.1, 0.15) is 5.69 Å². The lowest BCUT2D eigenvalue weighted by Gasteiger charge is -2.04. The van der Waals surface area contributed by atoms with Crippen molar-refractivity contribution in [1.29, 1.82) is 0 Å². The van der Waals surface area contributed by atoms with Gasteiger partial charge in [-0.05, 0) is 6.42 Å². The Kier molecular flexibility index (Phi) is 4.71. The van der Waals surface area contributed by atoms with Crippen LogP contribution in [0.15, 0.2) is 6.07 Å². The SMILES string of the molecule is COCCCNC(=O)c1cc(C(F)(F)F)n(C)n1. The molecule has 1 aromatic heterocycles. The van der Waals surface area contributed by atoms with Gasteiger partial charge in [0, 0.05) is 33.4 Å². The Hall–Kier alpha value is -1.57. The first-order valence-electron chi connectivity index (χ1n) is 5.24. The largest absolute Gasteiger partial charge is 0.433 e. The van der Waals surface area contributed by atoms with Crippen molar-refractivity contribution < 1.29 is 22.7 Å². The van der Waals surface area contributed by atoms with Gasteiger partial charge in [-0.25, -0.2) is 0 Å². The molecule has 1 heterocycles. The summed E-state index contributed by atoms with van der Waals surface area (Å²) in [4.78, 5) is 11.5. The quantitative estimate of drug-likeness (QED) is 0.814. The zero-order valence-electron chi connectivity index (χ0n) is 10.0. The maximum absolute atomic E-state index is 12.5. The predicted octanol–water partition coefficient (Wildman–Crippen LogP) is 1.21. The van der Waals surface area contributed by atoms with Crippen LogP contribution in [-0.2, 0) is 18.0 Å². The van der Waals surface area contributed by atoms with E-state index in [0.29, 0.717) is 24.3 Å². The number of carbonyl (C=O) groups excluding carboxylic acids is 1. The van der Waals surface area contributed by atoms with Crippen molar-refractivity contribution in [2.75, 3.05) is 20.3 Å². The molecule has 0 aliphatic rings. The third kappa shape index (κ3) is 3.73. The van der Waals surface area contributed by atoms with Gasteiger partial charge in [-0.15, -0.1) is 0 Å². The second-order valence-corrected chi connectivity index (χ2v) is 3.64. The van der Waals surface area contributed by atoms with Crippen molar-refractivity contribution in [2.45, 2.75) is 12.6 Å². The summed E-state index contributed by atoms with van der Waals surface area (Å²) >= 11 is 0. The summed E-state index contributed by atoms with van der Waals surface area (Å²) in [5, 5.41) is 5.99. The van der Waals surface area contributed by atoms with Crippen LogP contribution in [0.1, 0.15) is 22.6 Å². The molecule has 18 heavy (non-hydrogen) atoms. The molecule has 1 N–H and O–H groups in total. The van der Waals surface area contributed by atoms with Gasteiger partial charge in [-0.1, -0.05) is 0 Å².